The molecule has 0 amide bonds. The summed E-state index contributed by atoms with van der Waals surface area (Å²) < 4.78 is 5.08. The van der Waals surface area contributed by atoms with Gasteiger partial charge in [0.2, 0.25) is 0 Å². The largest absolute Gasteiger partial charge is 0.373 e. The van der Waals surface area contributed by atoms with Gasteiger partial charge in [0.05, 0.1) is 6.61 Å². The molecule has 0 aromatic carbocycles. The number of piperidine rings is 1. The second-order valence-electron chi connectivity index (χ2n) is 3.14. The number of hydrogen-bond acceptors (Lipinski definition) is 4. The number of carbonyl (C=O) groups excluding carboxylic acids is 1. The second kappa shape index (κ2) is 10.6. The van der Waals surface area contributed by atoms with Crippen LogP contribution in [0.5, 0.6) is 0 Å². The minimum atomic E-state index is 0.244. The molecule has 0 radical (unpaired) electrons. The first-order chi connectivity index (χ1) is 6.93. The van der Waals surface area contributed by atoms with Crippen LogP contribution < -0.4 is 5.73 Å². The molecule has 1 heterocycles. The number of rotatable bonds is 5. The molecule has 0 bridgehead atoms. The van der Waals surface area contributed by atoms with Crippen molar-refractivity contribution in [1.82, 2.24) is 4.90 Å². The average molecular weight is 202 g/mol. The quantitative estimate of drug-likeness (QED) is 0.513. The Hall–Kier alpha value is -0.450. The van der Waals surface area contributed by atoms with E-state index in [0.29, 0.717) is 6.61 Å². The highest BCUT2D eigenvalue weighted by atomic mass is 16.5. The van der Waals surface area contributed by atoms with E-state index >= 15 is 0 Å². The van der Waals surface area contributed by atoms with Crippen LogP contribution in [0, 0.1) is 0 Å². The Balaban J connectivity index is 0.000000791. The van der Waals surface area contributed by atoms with Crippen LogP contribution in [0.2, 0.25) is 0 Å². The van der Waals surface area contributed by atoms with Crippen molar-refractivity contribution >= 4 is 6.29 Å². The lowest BCUT2D eigenvalue weighted by Gasteiger charge is -2.25. The van der Waals surface area contributed by atoms with E-state index in [1.54, 1.807) is 0 Å². The molecule has 0 aliphatic carbocycles. The van der Waals surface area contributed by atoms with Crippen molar-refractivity contribution in [3.63, 3.8) is 0 Å². The van der Waals surface area contributed by atoms with Crippen LogP contribution in [-0.2, 0) is 9.53 Å². The third-order valence-electron chi connectivity index (χ3n) is 2.19. The van der Waals surface area contributed by atoms with Crippen LogP contribution >= 0.6 is 0 Å². The van der Waals surface area contributed by atoms with Gasteiger partial charge in [-0.2, -0.15) is 0 Å². The van der Waals surface area contributed by atoms with Gasteiger partial charge in [-0.25, -0.2) is 0 Å². The third-order valence-corrected chi connectivity index (χ3v) is 2.19. The summed E-state index contributed by atoms with van der Waals surface area (Å²) >= 11 is 0. The van der Waals surface area contributed by atoms with E-state index in [1.165, 1.54) is 39.4 Å². The maximum absolute atomic E-state index is 9.92. The summed E-state index contributed by atoms with van der Waals surface area (Å²) in [5.41, 5.74) is 4.50. The maximum atomic E-state index is 9.92. The summed E-state index contributed by atoms with van der Waals surface area (Å²) in [6, 6.07) is 0. The lowest BCUT2D eigenvalue weighted by atomic mass is 10.1. The summed E-state index contributed by atoms with van der Waals surface area (Å²) in [7, 11) is 1.50. The fourth-order valence-electron chi connectivity index (χ4n) is 1.51. The van der Waals surface area contributed by atoms with Crippen LogP contribution in [0.1, 0.15) is 19.3 Å². The van der Waals surface area contributed by atoms with Crippen molar-refractivity contribution in [2.45, 2.75) is 19.3 Å². The molecule has 1 aliphatic rings. The van der Waals surface area contributed by atoms with Crippen molar-refractivity contribution in [1.29, 1.82) is 0 Å². The fraction of sp³-hybridized carbons (Fsp3) is 0.900. The van der Waals surface area contributed by atoms with E-state index in [-0.39, 0.29) is 6.61 Å². The molecule has 84 valence electrons. The van der Waals surface area contributed by atoms with E-state index in [4.69, 9.17) is 4.74 Å². The number of nitrogens with two attached hydrogens (primary N) is 1. The Morgan fingerprint density at radius 1 is 1.29 bits per heavy atom. The first-order valence-electron chi connectivity index (χ1n) is 5.25. The molecule has 2 N–H and O–H groups in total. The Morgan fingerprint density at radius 2 is 1.93 bits per heavy atom. The van der Waals surface area contributed by atoms with Gasteiger partial charge in [0, 0.05) is 6.54 Å². The molecule has 4 heteroatoms. The number of ether oxygens (including phenoxy) is 1. The summed E-state index contributed by atoms with van der Waals surface area (Å²) in [5.74, 6) is 0. The highest BCUT2D eigenvalue weighted by molar-refractivity contribution is 5.50. The van der Waals surface area contributed by atoms with Crippen molar-refractivity contribution in [2.24, 2.45) is 5.73 Å². The Labute approximate surface area is 86.4 Å². The van der Waals surface area contributed by atoms with E-state index in [1.807, 2.05) is 0 Å². The van der Waals surface area contributed by atoms with Gasteiger partial charge in [-0.05, 0) is 33.0 Å². The van der Waals surface area contributed by atoms with E-state index < -0.39 is 0 Å². The molecular formula is C10H22N2O2. The summed E-state index contributed by atoms with van der Waals surface area (Å²) in [5, 5.41) is 0. The smallest absolute Gasteiger partial charge is 0.145 e. The normalized spacial score (nSPS) is 17.0. The van der Waals surface area contributed by atoms with Gasteiger partial charge in [-0.3, -0.25) is 0 Å². The predicted molar refractivity (Wildman–Crippen MR) is 57.3 cm³/mol. The molecule has 1 aliphatic heterocycles. The number of hydrogen-bond donors (Lipinski definition) is 1. The lowest BCUT2D eigenvalue weighted by molar-refractivity contribution is -0.112. The number of aldehydes is 1. The molecule has 0 saturated carbocycles. The third kappa shape index (κ3) is 7.00. The summed E-state index contributed by atoms with van der Waals surface area (Å²) in [6.07, 6.45) is 4.79. The van der Waals surface area contributed by atoms with Crippen molar-refractivity contribution in [3.05, 3.63) is 0 Å². The van der Waals surface area contributed by atoms with Gasteiger partial charge in [-0.15, -0.1) is 0 Å². The van der Waals surface area contributed by atoms with Crippen molar-refractivity contribution in [3.8, 4) is 0 Å². The van der Waals surface area contributed by atoms with Gasteiger partial charge < -0.3 is 20.2 Å². The van der Waals surface area contributed by atoms with Gasteiger partial charge in [0.15, 0.2) is 0 Å². The minimum Gasteiger partial charge on any atom is -0.373 e. The predicted octanol–water partition coefficient (Wildman–Crippen LogP) is 0.263. The monoisotopic (exact) mass is 202 g/mol. The van der Waals surface area contributed by atoms with Gasteiger partial charge in [0.1, 0.15) is 12.9 Å². The van der Waals surface area contributed by atoms with Crippen LogP contribution in [0.4, 0.5) is 0 Å². The van der Waals surface area contributed by atoms with Gasteiger partial charge in [0.25, 0.3) is 0 Å². The van der Waals surface area contributed by atoms with E-state index in [9.17, 15) is 4.79 Å². The van der Waals surface area contributed by atoms with Gasteiger partial charge in [-0.1, -0.05) is 6.42 Å². The number of likely N-dealkylation sites (tertiary alicyclic amines) is 1. The highest BCUT2D eigenvalue weighted by Crippen LogP contribution is 2.07. The summed E-state index contributed by atoms with van der Waals surface area (Å²) in [4.78, 5) is 12.3. The zero-order valence-electron chi connectivity index (χ0n) is 9.08. The molecule has 14 heavy (non-hydrogen) atoms. The molecule has 1 rings (SSSR count). The molecule has 0 spiro atoms. The summed E-state index contributed by atoms with van der Waals surface area (Å²) in [6.45, 7) is 4.31. The SMILES string of the molecule is CN.O=CCOCCN1CCCCC1. The zero-order valence-corrected chi connectivity index (χ0v) is 9.08. The van der Waals surface area contributed by atoms with E-state index in [0.717, 1.165) is 12.8 Å². The zero-order chi connectivity index (χ0) is 10.6. The van der Waals surface area contributed by atoms with Crippen LogP contribution in [0.3, 0.4) is 0 Å². The standard InChI is InChI=1S/C9H17NO2.CH5N/c11-7-9-12-8-6-10-4-2-1-3-5-10;1-2/h7H,1-6,8-9H2;2H2,1H3. The van der Waals surface area contributed by atoms with Crippen LogP contribution in [-0.4, -0.2) is 51.1 Å². The molecule has 1 fully saturated rings. The molecule has 0 aromatic rings. The lowest BCUT2D eigenvalue weighted by Crippen LogP contribution is -2.32. The molecular weight excluding hydrogens is 180 g/mol. The molecule has 0 aromatic heterocycles. The Morgan fingerprint density at radius 3 is 2.50 bits per heavy atom. The molecule has 0 atom stereocenters. The second-order valence-corrected chi connectivity index (χ2v) is 3.14. The Bertz CT molecular complexity index is 125. The van der Waals surface area contributed by atoms with Crippen molar-refractivity contribution < 1.29 is 9.53 Å². The number of carbonyl (C=O) groups is 1. The van der Waals surface area contributed by atoms with Crippen LogP contribution in [0.25, 0.3) is 0 Å². The van der Waals surface area contributed by atoms with Crippen LogP contribution in [0.15, 0.2) is 0 Å². The molecule has 4 nitrogen and oxygen atoms in total. The molecule has 0 unspecified atom stereocenters. The van der Waals surface area contributed by atoms with Gasteiger partial charge >= 0.3 is 0 Å². The number of nitrogens with zero attached hydrogens (tertiary/aromatic N) is 1. The Kier molecular flexibility index (Phi) is 10.3. The van der Waals surface area contributed by atoms with Crippen molar-refractivity contribution in [2.75, 3.05) is 39.9 Å². The maximum Gasteiger partial charge on any atom is 0.145 e. The first-order valence-corrected chi connectivity index (χ1v) is 5.25. The fourth-order valence-corrected chi connectivity index (χ4v) is 1.51. The average Bonchev–Trinajstić information content (AvgIpc) is 2.29. The molecule has 1 saturated heterocycles. The highest BCUT2D eigenvalue weighted by Gasteiger charge is 2.08. The van der Waals surface area contributed by atoms with E-state index in [2.05, 4.69) is 10.6 Å². The minimum absolute atomic E-state index is 0.244. The topological polar surface area (TPSA) is 55.6 Å². The first kappa shape index (κ1) is 13.5.